The van der Waals surface area contributed by atoms with Gasteiger partial charge in [-0.25, -0.2) is 0 Å². The molecule has 0 aromatic rings. The van der Waals surface area contributed by atoms with Crippen LogP contribution in [0.2, 0.25) is 12.1 Å². The topological polar surface area (TPSA) is 0 Å². The summed E-state index contributed by atoms with van der Waals surface area (Å²) in [6.45, 7) is 4.53. The molecule has 0 amide bonds. The van der Waals surface area contributed by atoms with Crippen LogP contribution in [0.5, 0.6) is 0 Å². The molecule has 0 saturated heterocycles. The Balaban J connectivity index is 1.98. The normalized spacial score (nSPS) is 38.0. The maximum Gasteiger partial charge on any atom is 0.113 e. The van der Waals surface area contributed by atoms with Gasteiger partial charge in [-0.05, 0) is 5.92 Å². The van der Waals surface area contributed by atoms with Crippen LogP contribution < -0.4 is 0 Å². The Bertz CT molecular complexity index is 61.2. The second-order valence-corrected chi connectivity index (χ2v) is 2.52. The highest BCUT2D eigenvalue weighted by atomic mass is 14.3. The van der Waals surface area contributed by atoms with Gasteiger partial charge in [0.1, 0.15) is 7.28 Å². The van der Waals surface area contributed by atoms with Crippen molar-refractivity contribution in [2.75, 3.05) is 0 Å². The second kappa shape index (κ2) is 1.89. The van der Waals surface area contributed by atoms with Crippen molar-refractivity contribution in [3.8, 4) is 0 Å². The van der Waals surface area contributed by atoms with Crippen molar-refractivity contribution in [3.63, 3.8) is 0 Å². The Morgan fingerprint density at radius 3 is 2.43 bits per heavy atom. The molecule has 0 unspecified atom stereocenters. The average molecular weight is 95.0 g/mol. The van der Waals surface area contributed by atoms with E-state index < -0.39 is 0 Å². The molecule has 0 aromatic carbocycles. The summed E-state index contributed by atoms with van der Waals surface area (Å²) >= 11 is 0. The van der Waals surface area contributed by atoms with Crippen molar-refractivity contribution in [3.05, 3.63) is 0 Å². The zero-order chi connectivity index (χ0) is 5.28. The second-order valence-electron chi connectivity index (χ2n) is 2.52. The lowest BCUT2D eigenvalue weighted by Crippen LogP contribution is -1.83. The molecule has 1 fully saturated rings. The van der Waals surface area contributed by atoms with Crippen molar-refractivity contribution in [2.24, 2.45) is 5.92 Å². The first kappa shape index (κ1) is 5.21. The monoisotopic (exact) mass is 95.1 g/mol. The van der Waals surface area contributed by atoms with Gasteiger partial charge in [-0.1, -0.05) is 32.4 Å². The third kappa shape index (κ3) is 1.22. The van der Waals surface area contributed by atoms with Crippen LogP contribution in [0, 0.1) is 5.92 Å². The van der Waals surface area contributed by atoms with E-state index >= 15 is 0 Å². The Hall–Kier alpha value is 0.0649. The molecule has 0 aliphatic heterocycles. The SMILES string of the molecule is CC[B][C@@H]1C[C@@H]1C. The van der Waals surface area contributed by atoms with Crippen molar-refractivity contribution in [1.29, 1.82) is 0 Å². The van der Waals surface area contributed by atoms with Gasteiger partial charge in [0.2, 0.25) is 0 Å². The minimum absolute atomic E-state index is 0.991. The summed E-state index contributed by atoms with van der Waals surface area (Å²) in [6.07, 6.45) is 2.71. The van der Waals surface area contributed by atoms with Gasteiger partial charge in [0.25, 0.3) is 0 Å². The first-order valence-corrected chi connectivity index (χ1v) is 3.18. The number of hydrogen-bond acceptors (Lipinski definition) is 0. The van der Waals surface area contributed by atoms with Gasteiger partial charge in [-0.3, -0.25) is 0 Å². The van der Waals surface area contributed by atoms with Gasteiger partial charge in [0, 0.05) is 0 Å². The molecule has 0 nitrogen and oxygen atoms in total. The van der Waals surface area contributed by atoms with Crippen molar-refractivity contribution in [2.45, 2.75) is 32.4 Å². The molecular weight excluding hydrogens is 82.9 g/mol. The summed E-state index contributed by atoms with van der Waals surface area (Å²) in [5, 5.41) is 0. The van der Waals surface area contributed by atoms with Gasteiger partial charge in [0.05, 0.1) is 0 Å². The standard InChI is InChI=1S/C6H12B/c1-3-7-6-4-5(6)2/h5-6H,3-4H2,1-2H3/t5-,6+/m0/s1. The summed E-state index contributed by atoms with van der Waals surface area (Å²) < 4.78 is 0. The van der Waals surface area contributed by atoms with E-state index in [1.54, 1.807) is 0 Å². The highest BCUT2D eigenvalue weighted by Crippen LogP contribution is 2.43. The lowest BCUT2D eigenvalue weighted by atomic mass is 9.69. The van der Waals surface area contributed by atoms with E-state index in [0.717, 1.165) is 11.7 Å². The Labute approximate surface area is 46.5 Å². The van der Waals surface area contributed by atoms with Crippen LogP contribution in [-0.2, 0) is 0 Å². The summed E-state index contributed by atoms with van der Waals surface area (Å²) in [6, 6.07) is 0. The van der Waals surface area contributed by atoms with E-state index in [-0.39, 0.29) is 0 Å². The summed E-state index contributed by atoms with van der Waals surface area (Å²) in [7, 11) is 2.42. The molecule has 7 heavy (non-hydrogen) atoms. The van der Waals surface area contributed by atoms with Crippen LogP contribution >= 0.6 is 0 Å². The van der Waals surface area contributed by atoms with Crippen molar-refractivity contribution in [1.82, 2.24) is 0 Å². The summed E-state index contributed by atoms with van der Waals surface area (Å²) in [5.74, 6) is 2.00. The van der Waals surface area contributed by atoms with E-state index in [2.05, 4.69) is 21.1 Å². The van der Waals surface area contributed by atoms with E-state index in [1.807, 2.05) is 0 Å². The summed E-state index contributed by atoms with van der Waals surface area (Å²) in [5.41, 5.74) is 0. The van der Waals surface area contributed by atoms with E-state index in [9.17, 15) is 0 Å². The maximum absolute atomic E-state index is 2.42. The van der Waals surface area contributed by atoms with Crippen LogP contribution in [0.1, 0.15) is 20.3 Å². The van der Waals surface area contributed by atoms with Crippen LogP contribution in [-0.4, -0.2) is 7.28 Å². The molecule has 0 aromatic heterocycles. The lowest BCUT2D eigenvalue weighted by Gasteiger charge is -1.83. The fraction of sp³-hybridized carbons (Fsp3) is 1.00. The van der Waals surface area contributed by atoms with Gasteiger partial charge < -0.3 is 0 Å². The zero-order valence-corrected chi connectivity index (χ0v) is 5.15. The molecule has 39 valence electrons. The van der Waals surface area contributed by atoms with E-state index in [4.69, 9.17) is 0 Å². The predicted molar refractivity (Wildman–Crippen MR) is 33.8 cm³/mol. The highest BCUT2D eigenvalue weighted by Gasteiger charge is 2.30. The Kier molecular flexibility index (Phi) is 1.41. The molecule has 1 rings (SSSR count). The third-order valence-corrected chi connectivity index (χ3v) is 1.71. The van der Waals surface area contributed by atoms with Gasteiger partial charge in [0.15, 0.2) is 0 Å². The number of rotatable bonds is 2. The number of hydrogen-bond donors (Lipinski definition) is 0. The summed E-state index contributed by atoms with van der Waals surface area (Å²) in [4.78, 5) is 0. The molecular formula is C6H12B. The third-order valence-electron chi connectivity index (χ3n) is 1.71. The van der Waals surface area contributed by atoms with Crippen LogP contribution in [0.4, 0.5) is 0 Å². The molecule has 1 aliphatic carbocycles. The highest BCUT2D eigenvalue weighted by molar-refractivity contribution is 6.38. The quantitative estimate of drug-likeness (QED) is 0.460. The molecule has 1 saturated carbocycles. The Morgan fingerprint density at radius 1 is 1.71 bits per heavy atom. The van der Waals surface area contributed by atoms with Crippen molar-refractivity contribution < 1.29 is 0 Å². The minimum Gasteiger partial charge on any atom is -0.0827 e. The van der Waals surface area contributed by atoms with Crippen LogP contribution in [0.15, 0.2) is 0 Å². The first-order valence-electron chi connectivity index (χ1n) is 3.18. The van der Waals surface area contributed by atoms with E-state index in [1.165, 1.54) is 12.7 Å². The lowest BCUT2D eigenvalue weighted by molar-refractivity contribution is 0.976. The molecule has 1 aliphatic rings. The maximum atomic E-state index is 2.42. The van der Waals surface area contributed by atoms with Crippen LogP contribution in [0.3, 0.4) is 0 Å². The minimum atomic E-state index is 0.991. The smallest absolute Gasteiger partial charge is 0.0827 e. The first-order chi connectivity index (χ1) is 3.34. The molecule has 0 heterocycles. The zero-order valence-electron chi connectivity index (χ0n) is 5.15. The largest absolute Gasteiger partial charge is 0.113 e. The fourth-order valence-electron chi connectivity index (χ4n) is 0.982. The average Bonchev–Trinajstić information content (AvgIpc) is 2.22. The van der Waals surface area contributed by atoms with E-state index in [0.29, 0.717) is 0 Å². The fourth-order valence-corrected chi connectivity index (χ4v) is 0.982. The van der Waals surface area contributed by atoms with Crippen molar-refractivity contribution >= 4 is 7.28 Å². The molecule has 0 bridgehead atoms. The Morgan fingerprint density at radius 2 is 2.29 bits per heavy atom. The van der Waals surface area contributed by atoms with Gasteiger partial charge in [-0.2, -0.15) is 0 Å². The molecule has 0 spiro atoms. The molecule has 0 N–H and O–H groups in total. The van der Waals surface area contributed by atoms with Crippen LogP contribution in [0.25, 0.3) is 0 Å². The molecule has 1 heteroatoms. The van der Waals surface area contributed by atoms with Gasteiger partial charge in [-0.15, -0.1) is 0 Å². The van der Waals surface area contributed by atoms with Gasteiger partial charge >= 0.3 is 0 Å². The molecule has 1 radical (unpaired) electrons. The predicted octanol–water partition coefficient (Wildman–Crippen LogP) is 1.96. The molecule has 2 atom stereocenters.